The number of ether oxygens (including phenoxy) is 1. The molecule has 2 aromatic heterocycles. The van der Waals surface area contributed by atoms with Crippen molar-refractivity contribution in [3.63, 3.8) is 0 Å². The first-order valence-corrected chi connectivity index (χ1v) is 12.5. The van der Waals surface area contributed by atoms with E-state index in [0.717, 1.165) is 31.2 Å². The van der Waals surface area contributed by atoms with Crippen LogP contribution in [0.2, 0.25) is 0 Å². The van der Waals surface area contributed by atoms with Crippen LogP contribution in [0, 0.1) is 5.82 Å². The molecule has 0 bridgehead atoms. The van der Waals surface area contributed by atoms with E-state index in [1.54, 1.807) is 29.2 Å². The summed E-state index contributed by atoms with van der Waals surface area (Å²) < 4.78 is 21.7. The number of carbonyl (C=O) groups excluding carboxylic acids is 1. The van der Waals surface area contributed by atoms with Crippen molar-refractivity contribution in [2.24, 2.45) is 0 Å². The molecule has 176 valence electrons. The maximum Gasteiger partial charge on any atom is 0.338 e. The second-order valence-corrected chi connectivity index (χ2v) is 9.50. The SMILES string of the molecule is CC1=C(C(=O)OC2CCCCC2)C(c2cccnc2)n2nc(SCc3ccccc3F)nc2N1. The first-order valence-electron chi connectivity index (χ1n) is 11.5. The van der Waals surface area contributed by atoms with Crippen LogP contribution in [-0.2, 0) is 15.3 Å². The molecule has 1 aliphatic carbocycles. The zero-order chi connectivity index (χ0) is 23.5. The van der Waals surface area contributed by atoms with Gasteiger partial charge in [-0.05, 0) is 55.9 Å². The zero-order valence-corrected chi connectivity index (χ0v) is 19.7. The number of hydrogen-bond acceptors (Lipinski definition) is 7. The number of nitrogens with one attached hydrogen (secondary N) is 1. The van der Waals surface area contributed by atoms with Gasteiger partial charge >= 0.3 is 5.97 Å². The van der Waals surface area contributed by atoms with Crippen molar-refractivity contribution in [1.29, 1.82) is 0 Å². The van der Waals surface area contributed by atoms with E-state index in [2.05, 4.69) is 20.4 Å². The van der Waals surface area contributed by atoms with Crippen molar-refractivity contribution >= 4 is 23.7 Å². The van der Waals surface area contributed by atoms with E-state index in [1.807, 2.05) is 25.1 Å². The summed E-state index contributed by atoms with van der Waals surface area (Å²) in [6.45, 7) is 1.85. The lowest BCUT2D eigenvalue weighted by Gasteiger charge is -2.29. The summed E-state index contributed by atoms with van der Waals surface area (Å²) in [6, 6.07) is 9.91. The normalized spacial score (nSPS) is 18.4. The molecule has 5 rings (SSSR count). The molecule has 0 spiro atoms. The molecule has 1 atom stereocenters. The second-order valence-electron chi connectivity index (χ2n) is 8.56. The molecular formula is C25H26FN5O2S. The minimum atomic E-state index is -0.517. The number of hydrogen-bond donors (Lipinski definition) is 1. The highest BCUT2D eigenvalue weighted by Crippen LogP contribution is 2.37. The van der Waals surface area contributed by atoms with Gasteiger partial charge in [0.05, 0.1) is 5.57 Å². The molecule has 0 saturated heterocycles. The van der Waals surface area contributed by atoms with Crippen LogP contribution in [0.1, 0.15) is 56.2 Å². The number of fused-ring (bicyclic) bond motifs is 1. The van der Waals surface area contributed by atoms with Gasteiger partial charge in [-0.25, -0.2) is 13.9 Å². The van der Waals surface area contributed by atoms with Crippen LogP contribution in [-0.4, -0.2) is 31.8 Å². The predicted molar refractivity (Wildman–Crippen MR) is 128 cm³/mol. The largest absolute Gasteiger partial charge is 0.459 e. The van der Waals surface area contributed by atoms with E-state index in [4.69, 9.17) is 4.74 Å². The quantitative estimate of drug-likeness (QED) is 0.381. The molecule has 1 N–H and O–H groups in total. The highest BCUT2D eigenvalue weighted by molar-refractivity contribution is 7.98. The Bertz CT molecular complexity index is 1210. The highest BCUT2D eigenvalue weighted by atomic mass is 32.2. The summed E-state index contributed by atoms with van der Waals surface area (Å²) >= 11 is 1.34. The van der Waals surface area contributed by atoms with Gasteiger partial charge in [-0.1, -0.05) is 42.4 Å². The third-order valence-electron chi connectivity index (χ3n) is 6.19. The fourth-order valence-electron chi connectivity index (χ4n) is 4.46. The summed E-state index contributed by atoms with van der Waals surface area (Å²) in [5.41, 5.74) is 2.58. The Kier molecular flexibility index (Phi) is 6.62. The summed E-state index contributed by atoms with van der Waals surface area (Å²) in [5.74, 6) is 0.330. The van der Waals surface area contributed by atoms with Gasteiger partial charge in [-0.3, -0.25) is 4.98 Å². The maximum absolute atomic E-state index is 14.0. The zero-order valence-electron chi connectivity index (χ0n) is 18.9. The number of anilines is 1. The fraction of sp³-hybridized carbons (Fsp3) is 0.360. The van der Waals surface area contributed by atoms with E-state index >= 15 is 0 Å². The molecule has 1 fully saturated rings. The number of rotatable bonds is 6. The number of esters is 1. The van der Waals surface area contributed by atoms with Gasteiger partial charge in [0, 0.05) is 23.8 Å². The first kappa shape index (κ1) is 22.6. The summed E-state index contributed by atoms with van der Waals surface area (Å²) in [4.78, 5) is 22.2. The molecule has 2 aliphatic rings. The Balaban J connectivity index is 1.44. The van der Waals surface area contributed by atoms with E-state index in [9.17, 15) is 9.18 Å². The Morgan fingerprint density at radius 3 is 2.79 bits per heavy atom. The van der Waals surface area contributed by atoms with Crippen molar-refractivity contribution in [3.8, 4) is 0 Å². The lowest BCUT2D eigenvalue weighted by atomic mass is 9.95. The standard InChI is InChI=1S/C25H26FN5O2S/c1-16-21(23(32)33-19-10-3-2-4-11-19)22(17-9-7-13-27-14-17)31-24(28-16)29-25(30-31)34-15-18-8-5-6-12-20(18)26/h5-9,12-14,19,22H,2-4,10-11,15H2,1H3,(H,28,29,30). The Labute approximate surface area is 201 Å². The molecule has 1 unspecified atom stereocenters. The molecule has 34 heavy (non-hydrogen) atoms. The monoisotopic (exact) mass is 479 g/mol. The van der Waals surface area contributed by atoms with Gasteiger partial charge in [0.25, 0.3) is 0 Å². The first-order chi connectivity index (χ1) is 16.6. The average Bonchev–Trinajstić information content (AvgIpc) is 3.26. The van der Waals surface area contributed by atoms with Crippen molar-refractivity contribution in [2.45, 2.75) is 62.1 Å². The topological polar surface area (TPSA) is 81.9 Å². The average molecular weight is 480 g/mol. The van der Waals surface area contributed by atoms with Crippen LogP contribution in [0.3, 0.4) is 0 Å². The number of nitrogens with zero attached hydrogens (tertiary/aromatic N) is 4. The molecule has 1 aliphatic heterocycles. The summed E-state index contributed by atoms with van der Waals surface area (Å²) in [5, 5.41) is 8.39. The van der Waals surface area contributed by atoms with Crippen molar-refractivity contribution in [3.05, 3.63) is 77.0 Å². The summed E-state index contributed by atoms with van der Waals surface area (Å²) in [7, 11) is 0. The number of thioether (sulfide) groups is 1. The number of aromatic nitrogens is 4. The van der Waals surface area contributed by atoms with Gasteiger partial charge in [0.15, 0.2) is 0 Å². The van der Waals surface area contributed by atoms with Crippen molar-refractivity contribution in [1.82, 2.24) is 19.7 Å². The minimum absolute atomic E-state index is 0.0554. The number of allylic oxidation sites excluding steroid dienone is 1. The van der Waals surface area contributed by atoms with Gasteiger partial charge in [0.2, 0.25) is 11.1 Å². The molecule has 3 heterocycles. The molecule has 0 amide bonds. The van der Waals surface area contributed by atoms with Gasteiger partial charge < -0.3 is 10.1 Å². The molecule has 1 aromatic carbocycles. The molecule has 9 heteroatoms. The van der Waals surface area contributed by atoms with Gasteiger partial charge in [-0.2, -0.15) is 4.98 Å². The third-order valence-corrected chi connectivity index (χ3v) is 7.08. The van der Waals surface area contributed by atoms with Crippen LogP contribution in [0.15, 0.2) is 65.2 Å². The third kappa shape index (κ3) is 4.70. The van der Waals surface area contributed by atoms with Crippen LogP contribution in [0.4, 0.5) is 10.3 Å². The Hall–Kier alpha value is -3.20. The van der Waals surface area contributed by atoms with E-state index in [0.29, 0.717) is 33.7 Å². The Morgan fingerprint density at radius 2 is 2.03 bits per heavy atom. The maximum atomic E-state index is 14.0. The second kappa shape index (κ2) is 9.97. The van der Waals surface area contributed by atoms with Gasteiger partial charge in [-0.15, -0.1) is 5.10 Å². The van der Waals surface area contributed by atoms with Crippen molar-refractivity contribution in [2.75, 3.05) is 5.32 Å². The smallest absolute Gasteiger partial charge is 0.338 e. The molecule has 1 saturated carbocycles. The van der Waals surface area contributed by atoms with E-state index in [-0.39, 0.29) is 17.9 Å². The molecular weight excluding hydrogens is 453 g/mol. The summed E-state index contributed by atoms with van der Waals surface area (Å²) in [6.07, 6.45) is 8.51. The molecule has 0 radical (unpaired) electrons. The van der Waals surface area contributed by atoms with Crippen LogP contribution in [0.25, 0.3) is 0 Å². The van der Waals surface area contributed by atoms with E-state index in [1.165, 1.54) is 24.2 Å². The molecule has 7 nitrogen and oxygen atoms in total. The number of pyridine rings is 1. The number of carbonyl (C=O) groups is 1. The fourth-order valence-corrected chi connectivity index (χ4v) is 5.27. The number of halogens is 1. The number of benzene rings is 1. The predicted octanol–water partition coefficient (Wildman–Crippen LogP) is 5.27. The van der Waals surface area contributed by atoms with Crippen LogP contribution in [0.5, 0.6) is 0 Å². The van der Waals surface area contributed by atoms with Crippen LogP contribution < -0.4 is 5.32 Å². The Morgan fingerprint density at radius 1 is 1.21 bits per heavy atom. The highest BCUT2D eigenvalue weighted by Gasteiger charge is 2.36. The minimum Gasteiger partial charge on any atom is -0.459 e. The lowest BCUT2D eigenvalue weighted by Crippen LogP contribution is -2.32. The molecule has 3 aromatic rings. The van der Waals surface area contributed by atoms with Crippen LogP contribution >= 0.6 is 11.8 Å². The van der Waals surface area contributed by atoms with E-state index < -0.39 is 6.04 Å². The lowest BCUT2D eigenvalue weighted by molar-refractivity contribution is -0.146. The van der Waals surface area contributed by atoms with Gasteiger partial charge in [0.1, 0.15) is 18.0 Å². The van der Waals surface area contributed by atoms with Crippen molar-refractivity contribution < 1.29 is 13.9 Å².